The molecule has 1 unspecified atom stereocenters. The zero-order valence-corrected chi connectivity index (χ0v) is 13.2. The number of hydrogen-bond acceptors (Lipinski definition) is 5. The Morgan fingerprint density at radius 1 is 1.43 bits per heavy atom. The molecule has 118 valence electrons. The smallest absolute Gasteiger partial charge is 0.325 e. The van der Waals surface area contributed by atoms with E-state index in [2.05, 4.69) is 20.4 Å². The highest BCUT2D eigenvalue weighted by atomic mass is 35.5. The van der Waals surface area contributed by atoms with Crippen LogP contribution in [0.2, 0.25) is 5.02 Å². The third kappa shape index (κ3) is 3.18. The van der Waals surface area contributed by atoms with Crippen LogP contribution >= 0.6 is 11.6 Å². The van der Waals surface area contributed by atoms with E-state index in [4.69, 9.17) is 16.4 Å². The highest BCUT2D eigenvalue weighted by Crippen LogP contribution is 2.35. The Balaban J connectivity index is 2.08. The van der Waals surface area contributed by atoms with E-state index in [9.17, 15) is 4.79 Å². The lowest BCUT2D eigenvalue weighted by Crippen LogP contribution is -2.18. The van der Waals surface area contributed by atoms with Gasteiger partial charge in [0.25, 0.3) is 0 Å². The Bertz CT molecular complexity index is 819. The van der Waals surface area contributed by atoms with Crippen molar-refractivity contribution in [3.8, 4) is 0 Å². The average Bonchev–Trinajstić information content (AvgIpc) is 2.99. The molecule has 0 aromatic carbocycles. The van der Waals surface area contributed by atoms with Gasteiger partial charge < -0.3 is 9.82 Å². The van der Waals surface area contributed by atoms with E-state index in [-0.39, 0.29) is 18.3 Å². The summed E-state index contributed by atoms with van der Waals surface area (Å²) >= 11 is 6.33. The second kappa shape index (κ2) is 6.76. The Hall–Kier alpha value is -2.44. The summed E-state index contributed by atoms with van der Waals surface area (Å²) in [5.74, 6) is -0.601. The second-order valence-electron chi connectivity index (χ2n) is 4.98. The van der Waals surface area contributed by atoms with Crippen LogP contribution in [0.25, 0.3) is 11.0 Å². The van der Waals surface area contributed by atoms with Gasteiger partial charge in [-0.15, -0.1) is 0 Å². The fourth-order valence-electron chi connectivity index (χ4n) is 2.63. The summed E-state index contributed by atoms with van der Waals surface area (Å²) in [6.07, 6.45) is 7.05. The van der Waals surface area contributed by atoms with Gasteiger partial charge in [-0.2, -0.15) is 5.48 Å². The van der Waals surface area contributed by atoms with Crippen LogP contribution in [0, 0.1) is 0 Å². The number of fused-ring (bicyclic) bond motifs is 1. The summed E-state index contributed by atoms with van der Waals surface area (Å²) in [4.78, 5) is 28.4. The van der Waals surface area contributed by atoms with Crippen LogP contribution in [-0.4, -0.2) is 28.0 Å². The van der Waals surface area contributed by atoms with Crippen LogP contribution in [-0.2, 0) is 9.63 Å². The molecule has 0 saturated heterocycles. The third-order valence-corrected chi connectivity index (χ3v) is 3.92. The number of hydrogen-bond donors (Lipinski definition) is 2. The summed E-state index contributed by atoms with van der Waals surface area (Å²) in [6.45, 7) is 0. The molecule has 23 heavy (non-hydrogen) atoms. The van der Waals surface area contributed by atoms with Gasteiger partial charge in [-0.25, -0.2) is 4.98 Å². The van der Waals surface area contributed by atoms with Crippen LogP contribution in [0.5, 0.6) is 0 Å². The van der Waals surface area contributed by atoms with E-state index < -0.39 is 0 Å². The van der Waals surface area contributed by atoms with Gasteiger partial charge in [-0.3, -0.25) is 9.78 Å². The first-order valence-electron chi connectivity index (χ1n) is 7.08. The topological polar surface area (TPSA) is 79.9 Å². The minimum atomic E-state index is -0.365. The number of nitrogens with zero attached hydrogens (tertiary/aromatic N) is 2. The molecule has 3 aromatic rings. The number of halogens is 1. The lowest BCUT2D eigenvalue weighted by molar-refractivity contribution is -0.150. The van der Waals surface area contributed by atoms with Crippen LogP contribution in [0.4, 0.5) is 0 Å². The Morgan fingerprint density at radius 2 is 2.30 bits per heavy atom. The molecule has 3 aromatic heterocycles. The standard InChI is InChI=1S/C16H15ClN4O2/c1-18-23-14(22)7-11(10-3-2-5-19-8-10)12-9-21-16-15(12)13(17)4-6-20-16/h2-6,8-9,11,18H,7H2,1H3,(H,20,21). The van der Waals surface area contributed by atoms with E-state index in [1.807, 2.05) is 18.3 Å². The molecular weight excluding hydrogens is 316 g/mol. The number of H-pyrrole nitrogens is 1. The van der Waals surface area contributed by atoms with Crippen molar-refractivity contribution in [1.82, 2.24) is 20.4 Å². The SMILES string of the molecule is CNOC(=O)CC(c1cccnc1)c1c[nH]c2nccc(Cl)c12. The van der Waals surface area contributed by atoms with Crippen LogP contribution in [0.3, 0.4) is 0 Å². The molecule has 3 rings (SSSR count). The second-order valence-corrected chi connectivity index (χ2v) is 5.39. The number of carbonyl (C=O) groups is 1. The molecule has 2 N–H and O–H groups in total. The Kier molecular flexibility index (Phi) is 4.55. The van der Waals surface area contributed by atoms with Crippen molar-refractivity contribution in [3.05, 3.63) is 59.1 Å². The Labute approximate surface area is 137 Å². The lowest BCUT2D eigenvalue weighted by atomic mass is 9.89. The minimum Gasteiger partial charge on any atom is -0.371 e. The third-order valence-electron chi connectivity index (χ3n) is 3.60. The molecule has 0 bridgehead atoms. The van der Waals surface area contributed by atoms with Gasteiger partial charge in [-0.1, -0.05) is 17.7 Å². The van der Waals surface area contributed by atoms with Crippen LogP contribution < -0.4 is 5.48 Å². The van der Waals surface area contributed by atoms with Gasteiger partial charge in [0, 0.05) is 43.1 Å². The number of hydroxylamine groups is 1. The molecule has 6 nitrogen and oxygen atoms in total. The summed E-state index contributed by atoms with van der Waals surface area (Å²) in [7, 11) is 1.55. The predicted octanol–water partition coefficient (Wildman–Crippen LogP) is 2.81. The number of aromatic amines is 1. The first-order valence-corrected chi connectivity index (χ1v) is 7.46. The van der Waals surface area contributed by atoms with Crippen molar-refractivity contribution in [2.75, 3.05) is 7.05 Å². The molecule has 0 amide bonds. The molecule has 0 aliphatic carbocycles. The number of nitrogens with one attached hydrogen (secondary N) is 2. The quantitative estimate of drug-likeness (QED) is 0.703. The van der Waals surface area contributed by atoms with E-state index in [0.29, 0.717) is 10.7 Å². The average molecular weight is 331 g/mol. The van der Waals surface area contributed by atoms with E-state index >= 15 is 0 Å². The normalized spacial score (nSPS) is 12.3. The molecular formula is C16H15ClN4O2. The number of rotatable bonds is 5. The lowest BCUT2D eigenvalue weighted by Gasteiger charge is -2.16. The molecule has 0 spiro atoms. The first-order chi connectivity index (χ1) is 11.2. The van der Waals surface area contributed by atoms with Gasteiger partial charge in [-0.05, 0) is 23.3 Å². The number of aromatic nitrogens is 3. The summed E-state index contributed by atoms with van der Waals surface area (Å²) in [6, 6.07) is 5.49. The molecule has 0 radical (unpaired) electrons. The minimum absolute atomic E-state index is 0.157. The molecule has 0 aliphatic heterocycles. The van der Waals surface area contributed by atoms with Gasteiger partial charge in [0.05, 0.1) is 11.4 Å². The van der Waals surface area contributed by atoms with E-state index in [1.54, 1.807) is 31.7 Å². The molecule has 3 heterocycles. The van der Waals surface area contributed by atoms with Gasteiger partial charge >= 0.3 is 5.97 Å². The molecule has 1 atom stereocenters. The van der Waals surface area contributed by atoms with Crippen molar-refractivity contribution >= 4 is 28.6 Å². The predicted molar refractivity (Wildman–Crippen MR) is 87.0 cm³/mol. The summed E-state index contributed by atoms with van der Waals surface area (Å²) < 4.78 is 0. The van der Waals surface area contributed by atoms with Gasteiger partial charge in [0.2, 0.25) is 0 Å². The fourth-order valence-corrected chi connectivity index (χ4v) is 2.88. The van der Waals surface area contributed by atoms with Crippen molar-refractivity contribution in [2.24, 2.45) is 0 Å². The molecule has 0 saturated carbocycles. The van der Waals surface area contributed by atoms with E-state index in [0.717, 1.165) is 16.5 Å². The molecule has 0 fully saturated rings. The van der Waals surface area contributed by atoms with Crippen molar-refractivity contribution < 1.29 is 9.63 Å². The maximum atomic E-state index is 12.0. The van der Waals surface area contributed by atoms with Crippen LogP contribution in [0.15, 0.2) is 43.0 Å². The van der Waals surface area contributed by atoms with E-state index in [1.165, 1.54) is 0 Å². The van der Waals surface area contributed by atoms with Crippen LogP contribution in [0.1, 0.15) is 23.5 Å². The molecule has 7 heteroatoms. The zero-order chi connectivity index (χ0) is 16.2. The van der Waals surface area contributed by atoms with Crippen molar-refractivity contribution in [1.29, 1.82) is 0 Å². The fraction of sp³-hybridized carbons (Fsp3) is 0.188. The van der Waals surface area contributed by atoms with Crippen molar-refractivity contribution in [3.63, 3.8) is 0 Å². The summed E-state index contributed by atoms with van der Waals surface area (Å²) in [5.41, 5.74) is 4.88. The Morgan fingerprint density at radius 3 is 3.04 bits per heavy atom. The maximum absolute atomic E-state index is 12.0. The number of carbonyl (C=O) groups excluding carboxylic acids is 1. The summed E-state index contributed by atoms with van der Waals surface area (Å²) in [5, 5.41) is 1.39. The number of pyridine rings is 2. The monoisotopic (exact) mass is 330 g/mol. The molecule has 0 aliphatic rings. The zero-order valence-electron chi connectivity index (χ0n) is 12.4. The van der Waals surface area contributed by atoms with Gasteiger partial charge in [0.15, 0.2) is 0 Å². The van der Waals surface area contributed by atoms with Gasteiger partial charge in [0.1, 0.15) is 5.65 Å². The first kappa shape index (κ1) is 15.5. The largest absolute Gasteiger partial charge is 0.371 e. The highest BCUT2D eigenvalue weighted by Gasteiger charge is 2.24. The maximum Gasteiger partial charge on any atom is 0.325 e. The highest BCUT2D eigenvalue weighted by molar-refractivity contribution is 6.35. The van der Waals surface area contributed by atoms with Crippen molar-refractivity contribution in [2.45, 2.75) is 12.3 Å².